The maximum Gasteiger partial charge on any atom is 0.265 e. The smallest absolute Gasteiger partial charge is 0.265 e. The summed E-state index contributed by atoms with van der Waals surface area (Å²) in [6.45, 7) is 0. The minimum absolute atomic E-state index is 0.151. The molecule has 0 saturated carbocycles. The molecule has 2 aromatic rings. The molecule has 0 spiro atoms. The zero-order chi connectivity index (χ0) is 13.6. The van der Waals surface area contributed by atoms with Crippen LogP contribution in [0.2, 0.25) is 5.02 Å². The van der Waals surface area contributed by atoms with Crippen LogP contribution in [0.25, 0.3) is 0 Å². The predicted molar refractivity (Wildman–Crippen MR) is 69.5 cm³/mol. The van der Waals surface area contributed by atoms with Crippen molar-refractivity contribution in [2.75, 3.05) is 5.32 Å². The van der Waals surface area contributed by atoms with Crippen LogP contribution in [0.5, 0.6) is 0 Å². The van der Waals surface area contributed by atoms with Gasteiger partial charge in [-0.2, -0.15) is 0 Å². The minimum atomic E-state index is -2.05. The van der Waals surface area contributed by atoms with Crippen LogP contribution in [0.1, 0.15) is 11.1 Å². The summed E-state index contributed by atoms with van der Waals surface area (Å²) < 4.78 is 13.9. The molecular weight excluding hydrogens is 269 g/mol. The van der Waals surface area contributed by atoms with Crippen LogP contribution in [-0.4, -0.2) is 11.0 Å². The zero-order valence-electron chi connectivity index (χ0n) is 9.65. The molecule has 1 amide bonds. The van der Waals surface area contributed by atoms with Crippen LogP contribution >= 0.6 is 11.6 Å². The van der Waals surface area contributed by atoms with Gasteiger partial charge in [-0.3, -0.25) is 4.79 Å². The lowest BCUT2D eigenvalue weighted by Crippen LogP contribution is -2.36. The van der Waals surface area contributed by atoms with E-state index in [1.807, 2.05) is 0 Å². The number of fused-ring (bicyclic) bond motifs is 1. The first-order valence-corrected chi connectivity index (χ1v) is 6.00. The van der Waals surface area contributed by atoms with Crippen LogP contribution in [0.3, 0.4) is 0 Å². The van der Waals surface area contributed by atoms with Crippen molar-refractivity contribution in [3.05, 3.63) is 64.4 Å². The molecule has 2 aromatic carbocycles. The Kier molecular flexibility index (Phi) is 2.59. The van der Waals surface area contributed by atoms with E-state index in [0.717, 1.165) is 6.07 Å². The number of rotatable bonds is 1. The molecule has 3 nitrogen and oxygen atoms in total. The van der Waals surface area contributed by atoms with Crippen molar-refractivity contribution in [3.63, 3.8) is 0 Å². The molecule has 1 aliphatic heterocycles. The zero-order valence-corrected chi connectivity index (χ0v) is 10.4. The van der Waals surface area contributed by atoms with E-state index in [1.54, 1.807) is 24.3 Å². The van der Waals surface area contributed by atoms with Crippen molar-refractivity contribution in [2.45, 2.75) is 5.60 Å². The third-order valence-electron chi connectivity index (χ3n) is 3.21. The third-order valence-corrected chi connectivity index (χ3v) is 3.45. The van der Waals surface area contributed by atoms with Crippen molar-refractivity contribution in [2.24, 2.45) is 0 Å². The maximum atomic E-state index is 13.9. The molecule has 0 radical (unpaired) electrons. The summed E-state index contributed by atoms with van der Waals surface area (Å²) in [6.07, 6.45) is 0. The average Bonchev–Trinajstić information content (AvgIpc) is 2.66. The number of halogens is 2. The molecule has 1 heterocycles. The number of carbonyl (C=O) groups is 1. The van der Waals surface area contributed by atoms with Gasteiger partial charge in [-0.1, -0.05) is 29.8 Å². The first-order valence-electron chi connectivity index (χ1n) is 5.62. The van der Waals surface area contributed by atoms with Crippen LogP contribution < -0.4 is 5.32 Å². The quantitative estimate of drug-likeness (QED) is 0.842. The standard InChI is InChI=1S/C14H9ClFNO2/c15-8-5-6-11(16)10(7-8)14(19)9-3-1-2-4-12(9)17-13(14)18/h1-7,19H,(H,17,18). The largest absolute Gasteiger partial charge is 0.372 e. The summed E-state index contributed by atoms with van der Waals surface area (Å²) in [5.74, 6) is -1.37. The summed E-state index contributed by atoms with van der Waals surface area (Å²) in [7, 11) is 0. The van der Waals surface area contributed by atoms with Gasteiger partial charge in [-0.25, -0.2) is 4.39 Å². The predicted octanol–water partition coefficient (Wildman–Crippen LogP) is 2.67. The van der Waals surface area contributed by atoms with E-state index in [2.05, 4.69) is 5.32 Å². The van der Waals surface area contributed by atoms with Crippen LogP contribution in [0.15, 0.2) is 42.5 Å². The van der Waals surface area contributed by atoms with Crippen molar-refractivity contribution in [1.82, 2.24) is 0 Å². The second-order valence-corrected chi connectivity index (χ2v) is 4.77. The van der Waals surface area contributed by atoms with Gasteiger partial charge in [0.05, 0.1) is 0 Å². The number of hydrogen-bond donors (Lipinski definition) is 2. The van der Waals surface area contributed by atoms with Crippen molar-refractivity contribution in [3.8, 4) is 0 Å². The summed E-state index contributed by atoms with van der Waals surface area (Å²) in [4.78, 5) is 12.0. The van der Waals surface area contributed by atoms with Crippen molar-refractivity contribution in [1.29, 1.82) is 0 Å². The molecule has 1 unspecified atom stereocenters. The van der Waals surface area contributed by atoms with Crippen LogP contribution in [0.4, 0.5) is 10.1 Å². The normalized spacial score (nSPS) is 21.1. The number of aliphatic hydroxyl groups is 1. The van der Waals surface area contributed by atoms with Crippen LogP contribution in [-0.2, 0) is 10.4 Å². The Morgan fingerprint density at radius 2 is 1.89 bits per heavy atom. The third kappa shape index (κ3) is 1.64. The Morgan fingerprint density at radius 1 is 1.16 bits per heavy atom. The number of amides is 1. The van der Waals surface area contributed by atoms with Gasteiger partial charge in [0.15, 0.2) is 5.60 Å². The number of nitrogens with one attached hydrogen (secondary N) is 1. The Balaban J connectivity index is 2.28. The molecule has 5 heteroatoms. The molecule has 1 atom stereocenters. The highest BCUT2D eigenvalue weighted by molar-refractivity contribution is 6.30. The van der Waals surface area contributed by atoms with E-state index in [0.29, 0.717) is 11.3 Å². The Hall–Kier alpha value is -1.91. The van der Waals surface area contributed by atoms with E-state index < -0.39 is 17.3 Å². The second kappa shape index (κ2) is 4.05. The topological polar surface area (TPSA) is 49.3 Å². The number of benzene rings is 2. The van der Waals surface area contributed by atoms with Gasteiger partial charge < -0.3 is 10.4 Å². The van der Waals surface area contributed by atoms with Crippen molar-refractivity contribution < 1.29 is 14.3 Å². The maximum absolute atomic E-state index is 13.9. The van der Waals surface area contributed by atoms with Gasteiger partial charge in [0.1, 0.15) is 5.82 Å². The molecule has 19 heavy (non-hydrogen) atoms. The number of para-hydroxylation sites is 1. The van der Waals surface area contributed by atoms with Gasteiger partial charge in [0, 0.05) is 21.8 Å². The lowest BCUT2D eigenvalue weighted by molar-refractivity contribution is -0.129. The first kappa shape index (κ1) is 12.1. The highest BCUT2D eigenvalue weighted by atomic mass is 35.5. The monoisotopic (exact) mass is 277 g/mol. The van der Waals surface area contributed by atoms with Crippen LogP contribution in [0, 0.1) is 5.82 Å². The minimum Gasteiger partial charge on any atom is -0.372 e. The van der Waals surface area contributed by atoms with Gasteiger partial charge in [0.2, 0.25) is 0 Å². The van der Waals surface area contributed by atoms with E-state index in [4.69, 9.17) is 11.6 Å². The number of anilines is 1. The van der Waals surface area contributed by atoms with E-state index >= 15 is 0 Å². The molecule has 0 fully saturated rings. The Labute approximate surface area is 113 Å². The fourth-order valence-corrected chi connectivity index (χ4v) is 2.46. The molecule has 1 aliphatic rings. The summed E-state index contributed by atoms with van der Waals surface area (Å²) in [5, 5.41) is 13.5. The molecule has 3 rings (SSSR count). The SMILES string of the molecule is O=C1Nc2ccccc2C1(O)c1cc(Cl)ccc1F. The molecular formula is C14H9ClFNO2. The van der Waals surface area contributed by atoms with E-state index in [1.165, 1.54) is 12.1 Å². The molecule has 2 N–H and O–H groups in total. The summed E-state index contributed by atoms with van der Waals surface area (Å²) in [6, 6.07) is 10.4. The second-order valence-electron chi connectivity index (χ2n) is 4.33. The summed E-state index contributed by atoms with van der Waals surface area (Å²) in [5.41, 5.74) is -1.41. The molecule has 0 saturated heterocycles. The fraction of sp³-hybridized carbons (Fsp3) is 0.0714. The lowest BCUT2D eigenvalue weighted by Gasteiger charge is -2.22. The molecule has 96 valence electrons. The van der Waals surface area contributed by atoms with Crippen molar-refractivity contribution >= 4 is 23.2 Å². The average molecular weight is 278 g/mol. The van der Waals surface area contributed by atoms with E-state index in [9.17, 15) is 14.3 Å². The van der Waals surface area contributed by atoms with Gasteiger partial charge in [-0.15, -0.1) is 0 Å². The Morgan fingerprint density at radius 3 is 2.68 bits per heavy atom. The molecule has 0 bridgehead atoms. The van der Waals surface area contributed by atoms with Gasteiger partial charge in [0.25, 0.3) is 5.91 Å². The van der Waals surface area contributed by atoms with Gasteiger partial charge in [-0.05, 0) is 24.3 Å². The number of carbonyl (C=O) groups excluding carboxylic acids is 1. The van der Waals surface area contributed by atoms with Gasteiger partial charge >= 0.3 is 0 Å². The summed E-state index contributed by atoms with van der Waals surface area (Å²) >= 11 is 5.82. The molecule has 0 aromatic heterocycles. The van der Waals surface area contributed by atoms with E-state index in [-0.39, 0.29) is 10.6 Å². The fourth-order valence-electron chi connectivity index (χ4n) is 2.28. The highest BCUT2D eigenvalue weighted by Gasteiger charge is 2.48. The Bertz CT molecular complexity index is 689. The first-order chi connectivity index (χ1) is 9.03. The molecule has 0 aliphatic carbocycles. The highest BCUT2D eigenvalue weighted by Crippen LogP contribution is 2.42. The lowest BCUT2D eigenvalue weighted by atomic mass is 9.87. The number of hydrogen-bond acceptors (Lipinski definition) is 2.